The summed E-state index contributed by atoms with van der Waals surface area (Å²) in [6.45, 7) is -0.155. The number of Topliss-reactive ketones (excluding diaryl/α,β-unsaturated/α-hetero) is 1. The molecule has 2 rings (SSSR count). The van der Waals surface area contributed by atoms with Crippen molar-refractivity contribution in [1.82, 2.24) is 0 Å². The Bertz CT molecular complexity index is 695. The summed E-state index contributed by atoms with van der Waals surface area (Å²) in [6, 6.07) is 13.8. The van der Waals surface area contributed by atoms with Crippen LogP contribution in [0.2, 0.25) is 5.02 Å². The summed E-state index contributed by atoms with van der Waals surface area (Å²) in [5, 5.41) is 9.42. The smallest absolute Gasteiger partial charge is 0.201 e. The van der Waals surface area contributed by atoms with Gasteiger partial charge in [-0.3, -0.25) is 4.79 Å². The summed E-state index contributed by atoms with van der Waals surface area (Å²) in [7, 11) is 0. The lowest BCUT2D eigenvalue weighted by molar-refractivity contribution is 0.0920. The maximum atomic E-state index is 12.1. The Hall–Kier alpha value is -1.83. The van der Waals surface area contributed by atoms with E-state index in [-0.39, 0.29) is 12.4 Å². The van der Waals surface area contributed by atoms with Gasteiger partial charge in [-0.1, -0.05) is 45.7 Å². The number of ether oxygens (including phenoxy) is 1. The first-order valence-corrected chi connectivity index (χ1v) is 6.89. The molecule has 0 N–H and O–H groups in total. The fourth-order valence-electron chi connectivity index (χ4n) is 1.62. The topological polar surface area (TPSA) is 50.1 Å². The van der Waals surface area contributed by atoms with Crippen molar-refractivity contribution in [3.63, 3.8) is 0 Å². The normalized spacial score (nSPS) is 9.85. The third-order valence-electron chi connectivity index (χ3n) is 2.60. The van der Waals surface area contributed by atoms with E-state index in [1.165, 1.54) is 6.07 Å². The van der Waals surface area contributed by atoms with Crippen LogP contribution in [-0.4, -0.2) is 12.4 Å². The van der Waals surface area contributed by atoms with E-state index in [0.29, 0.717) is 26.4 Å². The highest BCUT2D eigenvalue weighted by Gasteiger charge is 2.12. The fourth-order valence-corrected chi connectivity index (χ4v) is 2.28. The van der Waals surface area contributed by atoms with Crippen LogP contribution >= 0.6 is 27.5 Å². The van der Waals surface area contributed by atoms with Crippen LogP contribution in [0.4, 0.5) is 0 Å². The molecular weight excluding hydrogens is 342 g/mol. The summed E-state index contributed by atoms with van der Waals surface area (Å²) in [5.74, 6) is 0.127. The van der Waals surface area contributed by atoms with Crippen molar-refractivity contribution in [3.8, 4) is 11.8 Å². The summed E-state index contributed by atoms with van der Waals surface area (Å²) >= 11 is 9.16. The third kappa shape index (κ3) is 3.38. The van der Waals surface area contributed by atoms with E-state index >= 15 is 0 Å². The van der Waals surface area contributed by atoms with Crippen LogP contribution in [-0.2, 0) is 0 Å². The molecule has 0 aliphatic rings. The molecule has 100 valence electrons. The number of carbonyl (C=O) groups excluding carboxylic acids is 1. The highest BCUT2D eigenvalue weighted by Crippen LogP contribution is 2.23. The zero-order chi connectivity index (χ0) is 14.5. The molecule has 5 heteroatoms. The van der Waals surface area contributed by atoms with Gasteiger partial charge in [-0.15, -0.1) is 0 Å². The molecule has 2 aromatic rings. The molecule has 0 spiro atoms. The first-order chi connectivity index (χ1) is 9.61. The van der Waals surface area contributed by atoms with E-state index in [4.69, 9.17) is 21.6 Å². The first-order valence-electron chi connectivity index (χ1n) is 5.72. The van der Waals surface area contributed by atoms with E-state index in [1.807, 2.05) is 12.1 Å². The number of rotatable bonds is 4. The summed E-state index contributed by atoms with van der Waals surface area (Å²) in [6.07, 6.45) is 0. The molecule has 0 bridgehead atoms. The molecule has 0 saturated heterocycles. The molecule has 0 aromatic heterocycles. The Morgan fingerprint density at radius 3 is 2.75 bits per heavy atom. The van der Waals surface area contributed by atoms with Gasteiger partial charge in [-0.05, 0) is 18.2 Å². The van der Waals surface area contributed by atoms with Crippen molar-refractivity contribution in [2.75, 3.05) is 6.61 Å². The van der Waals surface area contributed by atoms with E-state index in [2.05, 4.69) is 15.9 Å². The number of carbonyl (C=O) groups is 1. The molecule has 0 unspecified atom stereocenters. The minimum Gasteiger partial charge on any atom is -0.484 e. The number of nitrogens with zero attached hydrogens (tertiary/aromatic N) is 1. The number of benzene rings is 2. The monoisotopic (exact) mass is 349 g/mol. The maximum absolute atomic E-state index is 12.1. The molecule has 0 saturated carbocycles. The van der Waals surface area contributed by atoms with Crippen LogP contribution in [0.1, 0.15) is 15.9 Å². The Labute approximate surface area is 129 Å². The lowest BCUT2D eigenvalue weighted by Crippen LogP contribution is -2.12. The lowest BCUT2D eigenvalue weighted by atomic mass is 10.1. The number of hydrogen-bond acceptors (Lipinski definition) is 3. The summed E-state index contributed by atoms with van der Waals surface area (Å²) in [4.78, 5) is 12.1. The average Bonchev–Trinajstić information content (AvgIpc) is 2.45. The number of halogens is 2. The molecular formula is C15H9BrClNO2. The standard InChI is InChI=1S/C15H9BrClNO2/c16-13-4-2-1-3-12(13)14(19)9-20-15-7-11(17)6-5-10(15)8-18/h1-7H,9H2. The molecule has 3 nitrogen and oxygen atoms in total. The predicted octanol–water partition coefficient (Wildman–Crippen LogP) is 4.24. The van der Waals surface area contributed by atoms with Crippen LogP contribution in [0.5, 0.6) is 5.75 Å². The minimum absolute atomic E-state index is 0.155. The summed E-state index contributed by atoms with van der Waals surface area (Å²) < 4.78 is 6.11. The van der Waals surface area contributed by atoms with Gasteiger partial charge >= 0.3 is 0 Å². The number of nitriles is 1. The summed E-state index contributed by atoms with van der Waals surface area (Å²) in [5.41, 5.74) is 0.877. The van der Waals surface area contributed by atoms with E-state index < -0.39 is 0 Å². The van der Waals surface area contributed by atoms with Crippen molar-refractivity contribution >= 4 is 33.3 Å². The SMILES string of the molecule is N#Cc1ccc(Cl)cc1OCC(=O)c1ccccc1Br. The van der Waals surface area contributed by atoms with Gasteiger partial charge in [-0.25, -0.2) is 0 Å². The molecule has 0 aliphatic heterocycles. The Morgan fingerprint density at radius 1 is 1.30 bits per heavy atom. The predicted molar refractivity (Wildman–Crippen MR) is 80.1 cm³/mol. The van der Waals surface area contributed by atoms with Gasteiger partial charge in [0.05, 0.1) is 5.56 Å². The minimum atomic E-state index is -0.179. The molecule has 2 aromatic carbocycles. The van der Waals surface area contributed by atoms with Crippen molar-refractivity contribution in [2.24, 2.45) is 0 Å². The molecule has 0 aliphatic carbocycles. The van der Waals surface area contributed by atoms with Crippen LogP contribution in [0.15, 0.2) is 46.9 Å². The van der Waals surface area contributed by atoms with Crippen molar-refractivity contribution < 1.29 is 9.53 Å². The molecule has 0 radical (unpaired) electrons. The van der Waals surface area contributed by atoms with Gasteiger partial charge in [0.2, 0.25) is 5.78 Å². The quantitative estimate of drug-likeness (QED) is 0.775. The largest absolute Gasteiger partial charge is 0.484 e. The van der Waals surface area contributed by atoms with Crippen LogP contribution < -0.4 is 4.74 Å². The number of hydrogen-bond donors (Lipinski definition) is 0. The van der Waals surface area contributed by atoms with E-state index in [9.17, 15) is 4.79 Å². The van der Waals surface area contributed by atoms with Gasteiger partial charge in [0, 0.05) is 21.1 Å². The second-order valence-corrected chi connectivity index (χ2v) is 5.23. The van der Waals surface area contributed by atoms with Gasteiger partial charge in [0.15, 0.2) is 6.61 Å². The number of ketones is 1. The highest BCUT2D eigenvalue weighted by molar-refractivity contribution is 9.10. The lowest BCUT2D eigenvalue weighted by Gasteiger charge is -2.08. The van der Waals surface area contributed by atoms with Crippen LogP contribution in [0, 0.1) is 11.3 Å². The molecule has 0 heterocycles. The van der Waals surface area contributed by atoms with Gasteiger partial charge in [0.1, 0.15) is 11.8 Å². The first kappa shape index (κ1) is 14.6. The molecule has 0 atom stereocenters. The van der Waals surface area contributed by atoms with Gasteiger partial charge in [-0.2, -0.15) is 5.26 Å². The van der Waals surface area contributed by atoms with Crippen LogP contribution in [0.25, 0.3) is 0 Å². The third-order valence-corrected chi connectivity index (χ3v) is 3.52. The zero-order valence-electron chi connectivity index (χ0n) is 10.3. The van der Waals surface area contributed by atoms with Crippen molar-refractivity contribution in [3.05, 3.63) is 63.1 Å². The molecule has 0 fully saturated rings. The zero-order valence-corrected chi connectivity index (χ0v) is 12.6. The van der Waals surface area contributed by atoms with Crippen molar-refractivity contribution in [2.45, 2.75) is 0 Å². The van der Waals surface area contributed by atoms with Gasteiger partial charge in [0.25, 0.3) is 0 Å². The Balaban J connectivity index is 2.14. The average molecular weight is 351 g/mol. The Morgan fingerprint density at radius 2 is 2.05 bits per heavy atom. The van der Waals surface area contributed by atoms with Gasteiger partial charge < -0.3 is 4.74 Å². The molecule has 20 heavy (non-hydrogen) atoms. The fraction of sp³-hybridized carbons (Fsp3) is 0.0667. The highest BCUT2D eigenvalue weighted by atomic mass is 79.9. The maximum Gasteiger partial charge on any atom is 0.201 e. The Kier molecular flexibility index (Phi) is 4.78. The second-order valence-electron chi connectivity index (χ2n) is 3.94. The van der Waals surface area contributed by atoms with Crippen molar-refractivity contribution in [1.29, 1.82) is 5.26 Å². The second kappa shape index (κ2) is 6.56. The van der Waals surface area contributed by atoms with E-state index in [1.54, 1.807) is 30.3 Å². The molecule has 0 amide bonds. The van der Waals surface area contributed by atoms with E-state index in [0.717, 1.165) is 0 Å². The van der Waals surface area contributed by atoms with Crippen LogP contribution in [0.3, 0.4) is 0 Å².